The lowest BCUT2D eigenvalue weighted by atomic mass is 10.1. The van der Waals surface area contributed by atoms with Crippen molar-refractivity contribution in [3.63, 3.8) is 0 Å². The van der Waals surface area contributed by atoms with E-state index in [4.69, 9.17) is 0 Å². The van der Waals surface area contributed by atoms with Gasteiger partial charge in [0.25, 0.3) is 0 Å². The highest BCUT2D eigenvalue weighted by Gasteiger charge is 2.26. The predicted molar refractivity (Wildman–Crippen MR) is 117 cm³/mol. The maximum Gasteiger partial charge on any atom is 0.318 e. The molecule has 1 fully saturated rings. The highest BCUT2D eigenvalue weighted by Crippen LogP contribution is 2.07. The Morgan fingerprint density at radius 1 is 1.10 bits per heavy atom. The molecule has 1 aromatic rings. The van der Waals surface area contributed by atoms with Crippen LogP contribution < -0.4 is 5.32 Å². The fraction of sp³-hybridized carbons (Fsp3) is 0.571. The van der Waals surface area contributed by atoms with Gasteiger partial charge in [-0.1, -0.05) is 42.1 Å². The molecule has 0 aromatic heterocycles. The van der Waals surface area contributed by atoms with Crippen molar-refractivity contribution < 1.29 is 14.4 Å². The van der Waals surface area contributed by atoms with Gasteiger partial charge in [-0.2, -0.15) is 0 Å². The van der Waals surface area contributed by atoms with Crippen LogP contribution in [-0.4, -0.2) is 89.9 Å². The van der Waals surface area contributed by atoms with Crippen LogP contribution >= 0.6 is 11.8 Å². The van der Waals surface area contributed by atoms with Crippen molar-refractivity contribution in [2.24, 2.45) is 0 Å². The number of urea groups is 1. The quantitative estimate of drug-likeness (QED) is 0.693. The van der Waals surface area contributed by atoms with Gasteiger partial charge in [-0.15, -0.1) is 0 Å². The Balaban J connectivity index is 1.91. The molecular formula is C21H32N4O3S. The van der Waals surface area contributed by atoms with Gasteiger partial charge in [0.2, 0.25) is 5.91 Å². The molecule has 1 saturated heterocycles. The molecule has 1 atom stereocenters. The Labute approximate surface area is 177 Å². The number of likely N-dealkylation sites (N-methyl/N-ethyl adjacent to an activating group) is 1. The SMILES string of the molecule is CC(=O)SCCN(CCc1ccccc1)C(=O)N[C@H](C)C(=O)N1CCN(C)CC1. The number of carbonyl (C=O) groups is 3. The summed E-state index contributed by atoms with van der Waals surface area (Å²) in [6.45, 7) is 7.30. The zero-order valence-corrected chi connectivity index (χ0v) is 18.4. The second-order valence-corrected chi connectivity index (χ2v) is 8.63. The summed E-state index contributed by atoms with van der Waals surface area (Å²) in [5.41, 5.74) is 1.14. The monoisotopic (exact) mass is 420 g/mol. The first-order chi connectivity index (χ1) is 13.9. The number of carbonyl (C=O) groups excluding carboxylic acids is 3. The zero-order chi connectivity index (χ0) is 21.2. The van der Waals surface area contributed by atoms with Crippen LogP contribution in [0.3, 0.4) is 0 Å². The maximum atomic E-state index is 12.8. The molecular weight excluding hydrogens is 388 g/mol. The van der Waals surface area contributed by atoms with E-state index >= 15 is 0 Å². The average molecular weight is 421 g/mol. The van der Waals surface area contributed by atoms with Gasteiger partial charge in [0.05, 0.1) is 0 Å². The van der Waals surface area contributed by atoms with Gasteiger partial charge in [-0.25, -0.2) is 4.79 Å². The number of nitrogens with one attached hydrogen (secondary N) is 1. The molecule has 1 N–H and O–H groups in total. The number of hydrogen-bond donors (Lipinski definition) is 1. The van der Waals surface area contributed by atoms with Crippen molar-refractivity contribution in [1.82, 2.24) is 20.0 Å². The molecule has 1 aliphatic heterocycles. The van der Waals surface area contributed by atoms with Crippen molar-refractivity contribution in [2.45, 2.75) is 26.3 Å². The normalized spacial score (nSPS) is 15.6. The number of rotatable bonds is 8. The molecule has 0 saturated carbocycles. The summed E-state index contributed by atoms with van der Waals surface area (Å²) in [7, 11) is 2.04. The molecule has 2 rings (SSSR count). The number of nitrogens with zero attached hydrogens (tertiary/aromatic N) is 3. The molecule has 7 nitrogen and oxygen atoms in total. The molecule has 0 radical (unpaired) electrons. The lowest BCUT2D eigenvalue weighted by molar-refractivity contribution is -0.134. The molecule has 1 heterocycles. The van der Waals surface area contributed by atoms with Gasteiger partial charge in [0.1, 0.15) is 6.04 Å². The average Bonchev–Trinajstić information content (AvgIpc) is 2.71. The summed E-state index contributed by atoms with van der Waals surface area (Å²) in [6.07, 6.45) is 0.722. The van der Waals surface area contributed by atoms with Gasteiger partial charge in [0.15, 0.2) is 5.12 Å². The van der Waals surface area contributed by atoms with Crippen LogP contribution in [0.5, 0.6) is 0 Å². The second kappa shape index (κ2) is 11.8. The standard InChI is InChI=1S/C21H32N4O3S/c1-17(20(27)24-13-11-23(3)12-14-24)22-21(28)25(15-16-29-18(2)26)10-9-19-7-5-4-6-8-19/h4-8,17H,9-16H2,1-3H3,(H,22,28)/t17-/m1/s1. The summed E-state index contributed by atoms with van der Waals surface area (Å²) in [5.74, 6) is 0.491. The third-order valence-corrected chi connectivity index (χ3v) is 5.79. The van der Waals surface area contributed by atoms with Crippen LogP contribution in [0.25, 0.3) is 0 Å². The van der Waals surface area contributed by atoms with E-state index in [0.29, 0.717) is 31.9 Å². The molecule has 0 spiro atoms. The third kappa shape index (κ3) is 8.06. The van der Waals surface area contributed by atoms with E-state index in [-0.39, 0.29) is 17.1 Å². The van der Waals surface area contributed by atoms with Gasteiger partial charge < -0.3 is 20.0 Å². The van der Waals surface area contributed by atoms with Crippen molar-refractivity contribution >= 4 is 28.8 Å². The van der Waals surface area contributed by atoms with Crippen molar-refractivity contribution in [2.75, 3.05) is 52.1 Å². The minimum Gasteiger partial charge on any atom is -0.338 e. The first-order valence-corrected chi connectivity index (χ1v) is 11.1. The van der Waals surface area contributed by atoms with E-state index in [0.717, 1.165) is 25.1 Å². The lowest BCUT2D eigenvalue weighted by Crippen LogP contribution is -2.55. The zero-order valence-electron chi connectivity index (χ0n) is 17.6. The van der Waals surface area contributed by atoms with Crippen LogP contribution in [0.4, 0.5) is 4.79 Å². The Hall–Kier alpha value is -2.06. The minimum absolute atomic E-state index is 0.0343. The number of amides is 3. The number of thioether (sulfide) groups is 1. The predicted octanol–water partition coefficient (Wildman–Crippen LogP) is 1.68. The van der Waals surface area contributed by atoms with Crippen molar-refractivity contribution in [1.29, 1.82) is 0 Å². The maximum absolute atomic E-state index is 12.8. The smallest absolute Gasteiger partial charge is 0.318 e. The number of hydrogen-bond acceptors (Lipinski definition) is 5. The van der Waals surface area contributed by atoms with E-state index in [1.807, 2.05) is 42.3 Å². The molecule has 160 valence electrons. The van der Waals surface area contributed by atoms with Gasteiger partial charge in [-0.3, -0.25) is 9.59 Å². The Bertz CT molecular complexity index is 678. The molecule has 3 amide bonds. The van der Waals surface area contributed by atoms with E-state index in [2.05, 4.69) is 10.2 Å². The van der Waals surface area contributed by atoms with Crippen LogP contribution in [0.1, 0.15) is 19.4 Å². The number of benzene rings is 1. The molecule has 0 aliphatic carbocycles. The molecule has 29 heavy (non-hydrogen) atoms. The van der Waals surface area contributed by atoms with Crippen molar-refractivity contribution in [3.05, 3.63) is 35.9 Å². The van der Waals surface area contributed by atoms with Crippen LogP contribution in [-0.2, 0) is 16.0 Å². The van der Waals surface area contributed by atoms with Crippen LogP contribution in [0.15, 0.2) is 30.3 Å². The molecule has 0 bridgehead atoms. The third-order valence-electron chi connectivity index (χ3n) is 4.99. The van der Waals surface area contributed by atoms with Gasteiger partial charge in [-0.05, 0) is 26.0 Å². The van der Waals surface area contributed by atoms with Gasteiger partial charge in [0, 0.05) is 51.9 Å². The highest BCUT2D eigenvalue weighted by molar-refractivity contribution is 8.13. The lowest BCUT2D eigenvalue weighted by Gasteiger charge is -2.34. The molecule has 0 unspecified atom stereocenters. The summed E-state index contributed by atoms with van der Waals surface area (Å²) < 4.78 is 0. The van der Waals surface area contributed by atoms with E-state index in [9.17, 15) is 14.4 Å². The largest absolute Gasteiger partial charge is 0.338 e. The van der Waals surface area contributed by atoms with Crippen LogP contribution in [0, 0.1) is 0 Å². The topological polar surface area (TPSA) is 73.0 Å². The summed E-state index contributed by atoms with van der Waals surface area (Å²) in [5, 5.41) is 2.88. The Kier molecular flexibility index (Phi) is 9.47. The van der Waals surface area contributed by atoms with Crippen LogP contribution in [0.2, 0.25) is 0 Å². The number of piperazine rings is 1. The summed E-state index contributed by atoms with van der Waals surface area (Å²) >= 11 is 1.21. The fourth-order valence-electron chi connectivity index (χ4n) is 3.16. The molecule has 1 aliphatic rings. The summed E-state index contributed by atoms with van der Waals surface area (Å²) in [4.78, 5) is 42.4. The van der Waals surface area contributed by atoms with Gasteiger partial charge >= 0.3 is 6.03 Å². The summed E-state index contributed by atoms with van der Waals surface area (Å²) in [6, 6.07) is 9.12. The van der Waals surface area contributed by atoms with E-state index < -0.39 is 6.04 Å². The van der Waals surface area contributed by atoms with E-state index in [1.165, 1.54) is 18.7 Å². The second-order valence-electron chi connectivity index (χ2n) is 7.36. The minimum atomic E-state index is -0.578. The Morgan fingerprint density at radius 2 is 1.76 bits per heavy atom. The fourth-order valence-corrected chi connectivity index (χ4v) is 3.76. The van der Waals surface area contributed by atoms with E-state index in [1.54, 1.807) is 11.8 Å². The first kappa shape index (κ1) is 23.2. The highest BCUT2D eigenvalue weighted by atomic mass is 32.2. The Morgan fingerprint density at radius 3 is 2.38 bits per heavy atom. The molecule has 1 aromatic carbocycles. The first-order valence-electron chi connectivity index (χ1n) is 10.1. The molecule has 8 heteroatoms. The van der Waals surface area contributed by atoms with Crippen molar-refractivity contribution in [3.8, 4) is 0 Å².